The van der Waals surface area contributed by atoms with Crippen molar-refractivity contribution >= 4 is 41.6 Å². The summed E-state index contributed by atoms with van der Waals surface area (Å²) in [5.41, 5.74) is 1.61. The highest BCUT2D eigenvalue weighted by atomic mass is 127. The number of hydrogen-bond acceptors (Lipinski definition) is 6. The van der Waals surface area contributed by atoms with E-state index in [2.05, 4.69) is 32.2 Å². The van der Waals surface area contributed by atoms with Gasteiger partial charge < -0.3 is 29.0 Å². The van der Waals surface area contributed by atoms with Crippen molar-refractivity contribution in [2.24, 2.45) is 4.99 Å². The van der Waals surface area contributed by atoms with Gasteiger partial charge in [-0.05, 0) is 25.1 Å². The Hall–Kier alpha value is -2.43. The lowest BCUT2D eigenvalue weighted by Crippen LogP contribution is -2.52. The molecule has 0 spiro atoms. The zero-order chi connectivity index (χ0) is 20.8. The zero-order valence-electron chi connectivity index (χ0n) is 17.8. The van der Waals surface area contributed by atoms with E-state index < -0.39 is 5.97 Å². The highest BCUT2D eigenvalue weighted by Gasteiger charge is 2.21. The molecular formula is C21H29IN4O4. The van der Waals surface area contributed by atoms with E-state index in [9.17, 15) is 4.79 Å². The molecule has 1 aliphatic heterocycles. The Balaban J connectivity index is 0.00000320. The number of hydrogen-bond donors (Lipinski definition) is 1. The second-order valence-electron chi connectivity index (χ2n) is 6.75. The van der Waals surface area contributed by atoms with Gasteiger partial charge in [0.15, 0.2) is 5.96 Å². The summed E-state index contributed by atoms with van der Waals surface area (Å²) < 4.78 is 15.8. The summed E-state index contributed by atoms with van der Waals surface area (Å²) >= 11 is 0. The molecule has 2 heterocycles. The number of guanidine groups is 1. The fraction of sp³-hybridized carbons (Fsp3) is 0.429. The zero-order valence-corrected chi connectivity index (χ0v) is 20.1. The molecule has 1 aromatic carbocycles. The van der Waals surface area contributed by atoms with Gasteiger partial charge >= 0.3 is 5.97 Å². The molecule has 1 N–H and O–H groups in total. The molecule has 1 saturated heterocycles. The van der Waals surface area contributed by atoms with E-state index in [1.165, 1.54) is 7.11 Å². The Bertz CT molecular complexity index is 876. The number of furan rings is 1. The average Bonchev–Trinajstić information content (AvgIpc) is 3.14. The number of aliphatic imine (C=N–C) groups is 1. The second-order valence-corrected chi connectivity index (χ2v) is 6.75. The number of nitrogens with zero attached hydrogens (tertiary/aromatic N) is 3. The third kappa shape index (κ3) is 5.59. The van der Waals surface area contributed by atoms with E-state index in [1.54, 1.807) is 27.1 Å². The van der Waals surface area contributed by atoms with Crippen molar-refractivity contribution in [2.45, 2.75) is 13.5 Å². The van der Waals surface area contributed by atoms with Gasteiger partial charge in [-0.25, -0.2) is 4.79 Å². The molecule has 0 unspecified atom stereocenters. The first-order chi connectivity index (χ1) is 14.0. The maximum absolute atomic E-state index is 11.7. The van der Waals surface area contributed by atoms with Gasteiger partial charge in [0.25, 0.3) is 0 Å². The van der Waals surface area contributed by atoms with Crippen molar-refractivity contribution in [1.29, 1.82) is 0 Å². The van der Waals surface area contributed by atoms with Gasteiger partial charge in [0.2, 0.25) is 0 Å². The molecule has 1 fully saturated rings. The Morgan fingerprint density at radius 1 is 1.20 bits per heavy atom. The minimum atomic E-state index is -0.393. The number of carbonyl (C=O) groups excluding carboxylic acids is 1. The second kappa shape index (κ2) is 11.1. The number of aryl methyl sites for hydroxylation is 1. The predicted octanol–water partition coefficient (Wildman–Crippen LogP) is 2.90. The van der Waals surface area contributed by atoms with E-state index in [0.29, 0.717) is 23.6 Å². The van der Waals surface area contributed by atoms with Crippen molar-refractivity contribution in [3.8, 4) is 5.75 Å². The van der Waals surface area contributed by atoms with Crippen molar-refractivity contribution in [2.75, 3.05) is 52.3 Å². The number of piperazine rings is 1. The van der Waals surface area contributed by atoms with Gasteiger partial charge in [0.05, 0.1) is 20.8 Å². The molecular weight excluding hydrogens is 499 g/mol. The topological polar surface area (TPSA) is 79.5 Å². The van der Waals surface area contributed by atoms with Crippen LogP contribution in [0.5, 0.6) is 5.75 Å². The summed E-state index contributed by atoms with van der Waals surface area (Å²) in [7, 11) is 4.81. The molecule has 2 aromatic rings. The molecule has 0 atom stereocenters. The first-order valence-electron chi connectivity index (χ1n) is 9.58. The number of ether oxygens (including phenoxy) is 2. The molecule has 0 bridgehead atoms. The van der Waals surface area contributed by atoms with Gasteiger partial charge in [-0.15, -0.1) is 24.0 Å². The van der Waals surface area contributed by atoms with Crippen LogP contribution in [0.25, 0.3) is 0 Å². The van der Waals surface area contributed by atoms with E-state index >= 15 is 0 Å². The van der Waals surface area contributed by atoms with E-state index in [1.807, 2.05) is 12.1 Å². The highest BCUT2D eigenvalue weighted by molar-refractivity contribution is 14.0. The molecule has 1 aromatic heterocycles. The lowest BCUT2D eigenvalue weighted by atomic mass is 10.2. The van der Waals surface area contributed by atoms with Crippen LogP contribution in [0.3, 0.4) is 0 Å². The molecule has 164 valence electrons. The first kappa shape index (κ1) is 23.8. The predicted molar refractivity (Wildman–Crippen MR) is 127 cm³/mol. The summed E-state index contributed by atoms with van der Waals surface area (Å²) in [5, 5.41) is 3.32. The number of halogens is 1. The minimum Gasteiger partial charge on any atom is -0.497 e. The summed E-state index contributed by atoms with van der Waals surface area (Å²) in [4.78, 5) is 20.7. The van der Waals surface area contributed by atoms with Crippen molar-refractivity contribution in [3.05, 3.63) is 47.4 Å². The average molecular weight is 528 g/mol. The Kier molecular flexibility index (Phi) is 8.82. The molecule has 0 radical (unpaired) electrons. The summed E-state index contributed by atoms with van der Waals surface area (Å²) in [6.07, 6.45) is 0. The maximum atomic E-state index is 11.7. The Morgan fingerprint density at radius 3 is 2.57 bits per heavy atom. The standard InChI is InChI=1S/C21H28N4O4.HI/c1-15-19(20(26)28-4)13-18(29-15)14-23-21(22-2)25-10-8-24(9-11-25)16-6-5-7-17(12-16)27-3;/h5-7,12-13H,8-11,14H2,1-4H3,(H,22,23);1H. The number of carbonyl (C=O) groups is 1. The quantitative estimate of drug-likeness (QED) is 0.277. The third-order valence-electron chi connectivity index (χ3n) is 5.00. The minimum absolute atomic E-state index is 0. The van der Waals surface area contributed by atoms with Gasteiger partial charge in [0.1, 0.15) is 22.8 Å². The smallest absolute Gasteiger partial charge is 0.341 e. The van der Waals surface area contributed by atoms with Crippen molar-refractivity contribution in [1.82, 2.24) is 10.2 Å². The molecule has 9 heteroatoms. The van der Waals surface area contributed by atoms with Crippen LogP contribution in [0, 0.1) is 6.92 Å². The first-order valence-corrected chi connectivity index (χ1v) is 9.58. The molecule has 0 saturated carbocycles. The Morgan fingerprint density at radius 2 is 1.93 bits per heavy atom. The fourth-order valence-electron chi connectivity index (χ4n) is 3.43. The van der Waals surface area contributed by atoms with Crippen LogP contribution in [-0.2, 0) is 11.3 Å². The number of methoxy groups -OCH3 is 2. The normalized spacial score (nSPS) is 14.2. The number of benzene rings is 1. The van der Waals surface area contributed by atoms with E-state index in [0.717, 1.165) is 43.6 Å². The van der Waals surface area contributed by atoms with Gasteiger partial charge in [-0.3, -0.25) is 4.99 Å². The number of nitrogens with one attached hydrogen (secondary N) is 1. The lowest BCUT2D eigenvalue weighted by molar-refractivity contribution is 0.0599. The van der Waals surface area contributed by atoms with Crippen molar-refractivity contribution in [3.63, 3.8) is 0 Å². The van der Waals surface area contributed by atoms with Gasteiger partial charge in [0, 0.05) is 45.0 Å². The summed E-state index contributed by atoms with van der Waals surface area (Å²) in [6, 6.07) is 9.83. The van der Waals surface area contributed by atoms with Crippen molar-refractivity contribution < 1.29 is 18.7 Å². The van der Waals surface area contributed by atoms with Crippen LogP contribution in [0.15, 0.2) is 39.7 Å². The van der Waals surface area contributed by atoms with Crippen LogP contribution >= 0.6 is 24.0 Å². The van der Waals surface area contributed by atoms with E-state index in [-0.39, 0.29) is 24.0 Å². The largest absolute Gasteiger partial charge is 0.497 e. The third-order valence-corrected chi connectivity index (χ3v) is 5.00. The SMILES string of the molecule is CN=C(NCc1cc(C(=O)OC)c(C)o1)N1CCN(c2cccc(OC)c2)CC1.I. The molecule has 0 aliphatic carbocycles. The number of anilines is 1. The molecule has 1 aliphatic rings. The summed E-state index contributed by atoms with van der Waals surface area (Å²) in [5.74, 6) is 2.50. The van der Waals surface area contributed by atoms with Crippen LogP contribution in [0.1, 0.15) is 21.9 Å². The molecule has 8 nitrogen and oxygen atoms in total. The number of rotatable bonds is 5. The Labute approximate surface area is 194 Å². The number of esters is 1. The monoisotopic (exact) mass is 528 g/mol. The van der Waals surface area contributed by atoms with Crippen LogP contribution in [-0.4, -0.2) is 64.3 Å². The van der Waals surface area contributed by atoms with Gasteiger partial charge in [-0.1, -0.05) is 6.07 Å². The molecule has 0 amide bonds. The van der Waals surface area contributed by atoms with Crippen LogP contribution in [0.4, 0.5) is 5.69 Å². The molecule has 30 heavy (non-hydrogen) atoms. The van der Waals surface area contributed by atoms with Crippen LogP contribution in [0.2, 0.25) is 0 Å². The fourth-order valence-corrected chi connectivity index (χ4v) is 3.43. The molecule has 3 rings (SSSR count). The van der Waals surface area contributed by atoms with Gasteiger partial charge in [-0.2, -0.15) is 0 Å². The maximum Gasteiger partial charge on any atom is 0.341 e. The summed E-state index contributed by atoms with van der Waals surface area (Å²) in [6.45, 7) is 5.67. The lowest BCUT2D eigenvalue weighted by Gasteiger charge is -2.37. The van der Waals surface area contributed by atoms with Crippen LogP contribution < -0.4 is 15.0 Å². The van der Waals surface area contributed by atoms with E-state index in [4.69, 9.17) is 13.9 Å². The highest BCUT2D eigenvalue weighted by Crippen LogP contribution is 2.22.